The van der Waals surface area contributed by atoms with Gasteiger partial charge in [-0.1, -0.05) is 48.0 Å². The summed E-state index contributed by atoms with van der Waals surface area (Å²) in [6, 6.07) is 16.9. The summed E-state index contributed by atoms with van der Waals surface area (Å²) in [5, 5.41) is 4.90. The molecule has 3 aromatic rings. The third-order valence-corrected chi connectivity index (χ3v) is 4.22. The summed E-state index contributed by atoms with van der Waals surface area (Å²) in [7, 11) is 0. The van der Waals surface area contributed by atoms with Crippen LogP contribution in [0.4, 0.5) is 0 Å². The van der Waals surface area contributed by atoms with Gasteiger partial charge in [0.05, 0.1) is 16.9 Å². The number of aromatic nitrogens is 2. The number of esters is 1. The molecule has 5 heteroatoms. The van der Waals surface area contributed by atoms with Gasteiger partial charge in [-0.05, 0) is 37.6 Å². The number of halogens is 1. The molecule has 0 aliphatic carbocycles. The van der Waals surface area contributed by atoms with Crippen LogP contribution in [0.15, 0.2) is 54.6 Å². The highest BCUT2D eigenvalue weighted by Gasteiger charge is 2.17. The van der Waals surface area contributed by atoms with E-state index in [1.165, 1.54) is 0 Å². The normalized spacial score (nSPS) is 10.6. The van der Waals surface area contributed by atoms with E-state index >= 15 is 0 Å². The molecule has 0 aliphatic rings. The van der Waals surface area contributed by atoms with Crippen LogP contribution in [0, 0.1) is 13.8 Å². The monoisotopic (exact) mass is 340 g/mol. The van der Waals surface area contributed by atoms with Crippen LogP contribution in [-0.2, 0) is 11.3 Å². The Hall–Kier alpha value is -2.59. The third kappa shape index (κ3) is 3.19. The largest absolute Gasteiger partial charge is 0.457 e. The third-order valence-electron chi connectivity index (χ3n) is 3.84. The summed E-state index contributed by atoms with van der Waals surface area (Å²) in [6.07, 6.45) is 0. The summed E-state index contributed by atoms with van der Waals surface area (Å²) in [5.74, 6) is -0.365. The van der Waals surface area contributed by atoms with Crippen molar-refractivity contribution < 1.29 is 9.53 Å². The zero-order valence-corrected chi connectivity index (χ0v) is 14.2. The number of carbonyl (C=O) groups excluding carboxylic acids is 1. The minimum absolute atomic E-state index is 0.0880. The predicted octanol–water partition coefficient (Wildman–Crippen LogP) is 4.50. The smallest absolute Gasteiger partial charge is 0.338 e. The van der Waals surface area contributed by atoms with E-state index in [2.05, 4.69) is 5.10 Å². The molecular weight excluding hydrogens is 324 g/mol. The average molecular weight is 341 g/mol. The Bertz CT molecular complexity index is 872. The molecule has 3 rings (SSSR count). The molecule has 0 fully saturated rings. The Morgan fingerprint density at radius 1 is 1.08 bits per heavy atom. The highest BCUT2D eigenvalue weighted by Crippen LogP contribution is 2.24. The van der Waals surface area contributed by atoms with Crippen molar-refractivity contribution in [3.8, 4) is 5.69 Å². The van der Waals surface area contributed by atoms with Crippen molar-refractivity contribution in [3.63, 3.8) is 0 Å². The zero-order chi connectivity index (χ0) is 17.1. The van der Waals surface area contributed by atoms with Crippen molar-refractivity contribution in [2.45, 2.75) is 20.5 Å². The number of ether oxygens (including phenoxy) is 1. The standard InChI is InChI=1S/C19H17ClN2O2/c1-13-8-6-7-11-16(13)19(23)24-12-17-14(2)21-22(18(17)20)15-9-4-3-5-10-15/h3-11H,12H2,1-2H3. The second-order valence-corrected chi connectivity index (χ2v) is 5.85. The Balaban J connectivity index is 1.80. The number of nitrogens with zero attached hydrogens (tertiary/aromatic N) is 2. The maximum Gasteiger partial charge on any atom is 0.338 e. The van der Waals surface area contributed by atoms with E-state index in [-0.39, 0.29) is 12.6 Å². The maximum absolute atomic E-state index is 12.2. The first-order valence-corrected chi connectivity index (χ1v) is 7.98. The van der Waals surface area contributed by atoms with Gasteiger partial charge in [-0.25, -0.2) is 9.48 Å². The Morgan fingerprint density at radius 2 is 1.75 bits per heavy atom. The van der Waals surface area contributed by atoms with Gasteiger partial charge in [0.15, 0.2) is 0 Å². The zero-order valence-electron chi connectivity index (χ0n) is 13.5. The first-order valence-electron chi connectivity index (χ1n) is 7.60. The van der Waals surface area contributed by atoms with E-state index in [9.17, 15) is 4.79 Å². The van der Waals surface area contributed by atoms with Gasteiger partial charge in [0.2, 0.25) is 0 Å². The van der Waals surface area contributed by atoms with Gasteiger partial charge in [0.1, 0.15) is 11.8 Å². The van der Waals surface area contributed by atoms with Crippen LogP contribution >= 0.6 is 11.6 Å². The number of carbonyl (C=O) groups is 1. The number of para-hydroxylation sites is 1. The number of hydrogen-bond donors (Lipinski definition) is 0. The molecule has 1 aromatic heterocycles. The molecule has 24 heavy (non-hydrogen) atoms. The minimum atomic E-state index is -0.365. The molecule has 0 saturated carbocycles. The van der Waals surface area contributed by atoms with Crippen molar-refractivity contribution in [1.29, 1.82) is 0 Å². The van der Waals surface area contributed by atoms with E-state index in [1.54, 1.807) is 10.7 Å². The first-order chi connectivity index (χ1) is 11.6. The molecule has 0 spiro atoms. The second-order valence-electron chi connectivity index (χ2n) is 5.49. The molecule has 0 saturated heterocycles. The van der Waals surface area contributed by atoms with Crippen LogP contribution in [0.25, 0.3) is 5.69 Å². The molecule has 0 atom stereocenters. The lowest BCUT2D eigenvalue weighted by Crippen LogP contribution is -2.07. The van der Waals surface area contributed by atoms with Crippen molar-refractivity contribution >= 4 is 17.6 Å². The highest BCUT2D eigenvalue weighted by atomic mass is 35.5. The number of aryl methyl sites for hydroxylation is 2. The molecule has 0 unspecified atom stereocenters. The number of benzene rings is 2. The van der Waals surface area contributed by atoms with Crippen LogP contribution in [0.5, 0.6) is 0 Å². The summed E-state index contributed by atoms with van der Waals surface area (Å²) in [6.45, 7) is 3.81. The lowest BCUT2D eigenvalue weighted by Gasteiger charge is -2.07. The van der Waals surface area contributed by atoms with E-state index in [1.807, 2.05) is 62.4 Å². The number of hydrogen-bond acceptors (Lipinski definition) is 3. The molecule has 0 amide bonds. The molecule has 0 aliphatic heterocycles. The highest BCUT2D eigenvalue weighted by molar-refractivity contribution is 6.30. The van der Waals surface area contributed by atoms with Crippen molar-refractivity contribution in [1.82, 2.24) is 9.78 Å². The molecule has 122 valence electrons. The summed E-state index contributed by atoms with van der Waals surface area (Å²) in [4.78, 5) is 12.2. The van der Waals surface area contributed by atoms with E-state index in [0.717, 1.165) is 16.9 Å². The molecule has 0 N–H and O–H groups in total. The summed E-state index contributed by atoms with van der Waals surface area (Å²) < 4.78 is 7.08. The topological polar surface area (TPSA) is 44.1 Å². The van der Waals surface area contributed by atoms with Crippen molar-refractivity contribution in [2.75, 3.05) is 0 Å². The lowest BCUT2D eigenvalue weighted by atomic mass is 10.1. The molecule has 1 heterocycles. The van der Waals surface area contributed by atoms with Gasteiger partial charge in [-0.15, -0.1) is 0 Å². The Labute approximate surface area is 145 Å². The van der Waals surface area contributed by atoms with Gasteiger partial charge < -0.3 is 4.74 Å². The predicted molar refractivity (Wildman–Crippen MR) is 93.6 cm³/mol. The summed E-state index contributed by atoms with van der Waals surface area (Å²) in [5.41, 5.74) is 3.75. The fourth-order valence-corrected chi connectivity index (χ4v) is 2.78. The SMILES string of the molecule is Cc1ccccc1C(=O)OCc1c(C)nn(-c2ccccc2)c1Cl. The van der Waals surface area contributed by atoms with Gasteiger partial charge in [-0.2, -0.15) is 5.10 Å². The second kappa shape index (κ2) is 6.89. The molecule has 4 nitrogen and oxygen atoms in total. The van der Waals surface area contributed by atoms with Gasteiger partial charge >= 0.3 is 5.97 Å². The van der Waals surface area contributed by atoms with Crippen LogP contribution in [0.2, 0.25) is 5.15 Å². The lowest BCUT2D eigenvalue weighted by molar-refractivity contribution is 0.0471. The minimum Gasteiger partial charge on any atom is -0.457 e. The van der Waals surface area contributed by atoms with Crippen molar-refractivity contribution in [3.05, 3.63) is 82.1 Å². The van der Waals surface area contributed by atoms with Crippen LogP contribution in [0.1, 0.15) is 27.2 Å². The van der Waals surface area contributed by atoms with Crippen LogP contribution < -0.4 is 0 Å². The molecule has 0 bridgehead atoms. The van der Waals surface area contributed by atoms with Gasteiger partial charge in [-0.3, -0.25) is 0 Å². The molecule has 0 radical (unpaired) electrons. The average Bonchev–Trinajstić information content (AvgIpc) is 2.88. The molecular formula is C19H17ClN2O2. The van der Waals surface area contributed by atoms with Gasteiger partial charge in [0.25, 0.3) is 0 Å². The van der Waals surface area contributed by atoms with Crippen molar-refractivity contribution in [2.24, 2.45) is 0 Å². The Morgan fingerprint density at radius 3 is 2.46 bits per heavy atom. The van der Waals surface area contributed by atoms with Crippen LogP contribution in [0.3, 0.4) is 0 Å². The fraction of sp³-hybridized carbons (Fsp3) is 0.158. The summed E-state index contributed by atoms with van der Waals surface area (Å²) >= 11 is 6.43. The van der Waals surface area contributed by atoms with Gasteiger partial charge in [0, 0.05) is 5.56 Å². The maximum atomic E-state index is 12.2. The van der Waals surface area contributed by atoms with Crippen LogP contribution in [-0.4, -0.2) is 15.7 Å². The molecule has 2 aromatic carbocycles. The number of rotatable bonds is 4. The fourth-order valence-electron chi connectivity index (χ4n) is 2.45. The first kappa shape index (κ1) is 16.3. The van der Waals surface area contributed by atoms with E-state index in [0.29, 0.717) is 16.3 Å². The van der Waals surface area contributed by atoms with E-state index < -0.39 is 0 Å². The quantitative estimate of drug-likeness (QED) is 0.657. The Kier molecular flexibility index (Phi) is 4.67. The van der Waals surface area contributed by atoms with E-state index in [4.69, 9.17) is 16.3 Å².